The SMILES string of the molecule is Cc1sc2ncnc(NCCC(=O)NC(C(=O)O)C(C)C)c2c1-c1ccccc1. The van der Waals surface area contributed by atoms with Gasteiger partial charge in [0.05, 0.1) is 5.39 Å². The third-order valence-electron chi connectivity index (χ3n) is 4.62. The average molecular weight is 413 g/mol. The van der Waals surface area contributed by atoms with E-state index in [0.717, 1.165) is 26.2 Å². The van der Waals surface area contributed by atoms with E-state index in [1.165, 1.54) is 6.33 Å². The van der Waals surface area contributed by atoms with Gasteiger partial charge in [-0.2, -0.15) is 0 Å². The Morgan fingerprint density at radius 1 is 1.17 bits per heavy atom. The van der Waals surface area contributed by atoms with Crippen molar-refractivity contribution in [1.29, 1.82) is 0 Å². The number of carbonyl (C=O) groups excluding carboxylic acids is 1. The van der Waals surface area contributed by atoms with Gasteiger partial charge < -0.3 is 15.7 Å². The second-order valence-corrected chi connectivity index (χ2v) is 8.31. The van der Waals surface area contributed by atoms with Gasteiger partial charge in [-0.3, -0.25) is 4.79 Å². The zero-order valence-corrected chi connectivity index (χ0v) is 17.4. The monoisotopic (exact) mass is 412 g/mol. The Morgan fingerprint density at radius 2 is 1.90 bits per heavy atom. The smallest absolute Gasteiger partial charge is 0.326 e. The van der Waals surface area contributed by atoms with Crippen LogP contribution in [0, 0.1) is 12.8 Å². The second kappa shape index (κ2) is 9.00. The number of aromatic nitrogens is 2. The number of carboxylic acids is 1. The molecule has 0 saturated carbocycles. The zero-order valence-electron chi connectivity index (χ0n) is 16.6. The summed E-state index contributed by atoms with van der Waals surface area (Å²) < 4.78 is 0. The maximum Gasteiger partial charge on any atom is 0.326 e. The predicted molar refractivity (Wildman–Crippen MR) is 115 cm³/mol. The molecule has 1 unspecified atom stereocenters. The molecule has 8 heteroatoms. The van der Waals surface area contributed by atoms with E-state index in [9.17, 15) is 14.7 Å². The molecule has 3 aromatic rings. The molecule has 0 spiro atoms. The summed E-state index contributed by atoms with van der Waals surface area (Å²) in [5.74, 6) is -0.855. The van der Waals surface area contributed by atoms with Gasteiger partial charge in [0.15, 0.2) is 0 Å². The van der Waals surface area contributed by atoms with Crippen LogP contribution in [0.1, 0.15) is 25.1 Å². The van der Waals surface area contributed by atoms with Crippen LogP contribution in [0.5, 0.6) is 0 Å². The largest absolute Gasteiger partial charge is 0.480 e. The molecule has 3 rings (SSSR count). The van der Waals surface area contributed by atoms with Crippen LogP contribution in [-0.4, -0.2) is 39.5 Å². The van der Waals surface area contributed by atoms with Crippen LogP contribution >= 0.6 is 11.3 Å². The zero-order chi connectivity index (χ0) is 21.0. The molecule has 0 aliphatic rings. The van der Waals surface area contributed by atoms with Crippen molar-refractivity contribution in [3.8, 4) is 11.1 Å². The summed E-state index contributed by atoms with van der Waals surface area (Å²) in [6.45, 7) is 5.92. The Labute approximate surface area is 173 Å². The molecule has 3 N–H and O–H groups in total. The Morgan fingerprint density at radius 3 is 2.55 bits per heavy atom. The van der Waals surface area contributed by atoms with Gasteiger partial charge in [0.1, 0.15) is 23.0 Å². The maximum absolute atomic E-state index is 12.2. The van der Waals surface area contributed by atoms with Crippen molar-refractivity contribution in [2.45, 2.75) is 33.2 Å². The van der Waals surface area contributed by atoms with Crippen LogP contribution in [0.25, 0.3) is 21.3 Å². The minimum absolute atomic E-state index is 0.145. The lowest BCUT2D eigenvalue weighted by atomic mass is 10.0. The summed E-state index contributed by atoms with van der Waals surface area (Å²) in [7, 11) is 0. The molecule has 1 atom stereocenters. The number of aryl methyl sites for hydroxylation is 1. The molecule has 152 valence electrons. The molecule has 0 radical (unpaired) electrons. The molecule has 29 heavy (non-hydrogen) atoms. The lowest BCUT2D eigenvalue weighted by Gasteiger charge is -2.18. The molecule has 0 aliphatic carbocycles. The van der Waals surface area contributed by atoms with Gasteiger partial charge in [-0.15, -0.1) is 11.3 Å². The first kappa shape index (κ1) is 20.7. The van der Waals surface area contributed by atoms with E-state index in [4.69, 9.17) is 0 Å². The Kier molecular flexibility index (Phi) is 6.43. The predicted octanol–water partition coefficient (Wildman–Crippen LogP) is 3.69. The van der Waals surface area contributed by atoms with Crippen molar-refractivity contribution in [2.75, 3.05) is 11.9 Å². The fraction of sp³-hybridized carbons (Fsp3) is 0.333. The molecular weight excluding hydrogens is 388 g/mol. The topological polar surface area (TPSA) is 104 Å². The highest BCUT2D eigenvalue weighted by Crippen LogP contribution is 2.40. The number of amides is 1. The summed E-state index contributed by atoms with van der Waals surface area (Å²) in [5, 5.41) is 15.9. The summed E-state index contributed by atoms with van der Waals surface area (Å²) in [6.07, 6.45) is 1.65. The first-order chi connectivity index (χ1) is 13.9. The third kappa shape index (κ3) is 4.71. The summed E-state index contributed by atoms with van der Waals surface area (Å²) in [4.78, 5) is 34.2. The highest BCUT2D eigenvalue weighted by molar-refractivity contribution is 7.19. The van der Waals surface area contributed by atoms with Crippen LogP contribution in [0.15, 0.2) is 36.7 Å². The molecule has 0 bridgehead atoms. The summed E-state index contributed by atoms with van der Waals surface area (Å²) in [5.41, 5.74) is 2.18. The van der Waals surface area contributed by atoms with E-state index in [0.29, 0.717) is 12.4 Å². The van der Waals surface area contributed by atoms with Gasteiger partial charge in [-0.05, 0) is 18.4 Å². The van der Waals surface area contributed by atoms with E-state index in [1.807, 2.05) is 18.2 Å². The number of thiophene rings is 1. The number of benzene rings is 1. The number of carbonyl (C=O) groups is 2. The van der Waals surface area contributed by atoms with Crippen LogP contribution in [0.2, 0.25) is 0 Å². The first-order valence-corrected chi connectivity index (χ1v) is 10.3. The second-order valence-electron chi connectivity index (χ2n) is 7.11. The van der Waals surface area contributed by atoms with Crippen molar-refractivity contribution in [3.63, 3.8) is 0 Å². The van der Waals surface area contributed by atoms with Gasteiger partial charge >= 0.3 is 5.97 Å². The van der Waals surface area contributed by atoms with E-state index < -0.39 is 12.0 Å². The fourth-order valence-corrected chi connectivity index (χ4v) is 4.20. The van der Waals surface area contributed by atoms with Crippen molar-refractivity contribution in [1.82, 2.24) is 15.3 Å². The summed E-state index contributed by atoms with van der Waals surface area (Å²) >= 11 is 1.61. The van der Waals surface area contributed by atoms with E-state index in [2.05, 4.69) is 39.7 Å². The van der Waals surface area contributed by atoms with Crippen molar-refractivity contribution >= 4 is 39.2 Å². The Balaban J connectivity index is 1.76. The maximum atomic E-state index is 12.2. The molecule has 0 aliphatic heterocycles. The van der Waals surface area contributed by atoms with E-state index >= 15 is 0 Å². The van der Waals surface area contributed by atoms with Crippen LogP contribution in [-0.2, 0) is 9.59 Å². The van der Waals surface area contributed by atoms with Gasteiger partial charge in [0.2, 0.25) is 5.91 Å². The molecule has 2 heterocycles. The number of rotatable bonds is 8. The van der Waals surface area contributed by atoms with Gasteiger partial charge in [0.25, 0.3) is 0 Å². The minimum atomic E-state index is -1.03. The van der Waals surface area contributed by atoms with Crippen molar-refractivity contribution in [3.05, 3.63) is 41.5 Å². The summed E-state index contributed by atoms with van der Waals surface area (Å²) in [6, 6.07) is 9.18. The number of carboxylic acid groups (broad SMARTS) is 1. The standard InChI is InChI=1S/C21H24N4O3S/c1-12(2)18(21(27)28)25-15(26)9-10-22-19-17-16(14-7-5-4-6-8-14)13(3)29-20(17)24-11-23-19/h4-8,11-12,18H,9-10H2,1-3H3,(H,25,26)(H,27,28)(H,22,23,24). The average Bonchev–Trinajstić information content (AvgIpc) is 3.03. The van der Waals surface area contributed by atoms with Crippen LogP contribution in [0.4, 0.5) is 5.82 Å². The number of hydrogen-bond donors (Lipinski definition) is 3. The lowest BCUT2D eigenvalue weighted by Crippen LogP contribution is -2.44. The molecular formula is C21H24N4O3S. The van der Waals surface area contributed by atoms with Crippen molar-refractivity contribution in [2.24, 2.45) is 5.92 Å². The number of nitrogens with zero attached hydrogens (tertiary/aromatic N) is 2. The fourth-order valence-electron chi connectivity index (χ4n) is 3.18. The Hall–Kier alpha value is -3.00. The van der Waals surface area contributed by atoms with Gasteiger partial charge in [-0.25, -0.2) is 14.8 Å². The Bertz CT molecular complexity index is 1020. The van der Waals surface area contributed by atoms with Crippen LogP contribution in [0.3, 0.4) is 0 Å². The first-order valence-electron chi connectivity index (χ1n) is 9.44. The highest BCUT2D eigenvalue weighted by atomic mass is 32.1. The molecule has 7 nitrogen and oxygen atoms in total. The minimum Gasteiger partial charge on any atom is -0.480 e. The quantitative estimate of drug-likeness (QED) is 0.521. The van der Waals surface area contributed by atoms with Crippen LogP contribution < -0.4 is 10.6 Å². The lowest BCUT2D eigenvalue weighted by molar-refractivity contribution is -0.143. The number of hydrogen-bond acceptors (Lipinski definition) is 6. The highest BCUT2D eigenvalue weighted by Gasteiger charge is 2.23. The molecule has 0 fully saturated rings. The van der Waals surface area contributed by atoms with E-state index in [1.54, 1.807) is 25.2 Å². The van der Waals surface area contributed by atoms with Gasteiger partial charge in [0, 0.05) is 23.4 Å². The molecule has 0 saturated heterocycles. The normalized spacial score (nSPS) is 12.1. The molecule has 1 aromatic carbocycles. The van der Waals surface area contributed by atoms with Gasteiger partial charge in [-0.1, -0.05) is 44.2 Å². The number of fused-ring (bicyclic) bond motifs is 1. The number of nitrogens with one attached hydrogen (secondary N) is 2. The molecule has 1 amide bonds. The van der Waals surface area contributed by atoms with Crippen molar-refractivity contribution < 1.29 is 14.7 Å². The number of aliphatic carboxylic acids is 1. The van der Waals surface area contributed by atoms with E-state index in [-0.39, 0.29) is 18.2 Å². The number of anilines is 1. The third-order valence-corrected chi connectivity index (χ3v) is 5.63. The molecule has 2 aromatic heterocycles.